The lowest BCUT2D eigenvalue weighted by atomic mass is 9.64. The Morgan fingerprint density at radius 3 is 2.26 bits per heavy atom. The fourth-order valence-electron chi connectivity index (χ4n) is 7.99. The van der Waals surface area contributed by atoms with Gasteiger partial charge in [-0.15, -0.1) is 0 Å². The number of carbonyl (C=O) groups excluding carboxylic acids is 2. The lowest BCUT2D eigenvalue weighted by Crippen LogP contribution is -2.60. The fraction of sp³-hybridized carbons (Fsp3) is 0.926. The zero-order valence-corrected chi connectivity index (χ0v) is 21.8. The number of fused-ring (bicyclic) bond motifs is 2. The van der Waals surface area contributed by atoms with Crippen molar-refractivity contribution in [2.75, 3.05) is 13.6 Å². The summed E-state index contributed by atoms with van der Waals surface area (Å²) in [5.74, 6) is 3.30. The van der Waals surface area contributed by atoms with Gasteiger partial charge in [-0.05, 0) is 81.5 Å². The molecule has 7 heteroatoms. The van der Waals surface area contributed by atoms with Crippen LogP contribution in [0.15, 0.2) is 0 Å². The number of nitrogens with one attached hydrogen (secondary N) is 4. The average molecular weight is 474 g/mol. The molecule has 5 aliphatic rings. The van der Waals surface area contributed by atoms with E-state index in [1.165, 1.54) is 12.8 Å². The van der Waals surface area contributed by atoms with Crippen molar-refractivity contribution in [1.29, 1.82) is 0 Å². The zero-order valence-electron chi connectivity index (χ0n) is 21.8. The lowest BCUT2D eigenvalue weighted by molar-refractivity contribution is -0.149. The van der Waals surface area contributed by atoms with Crippen LogP contribution in [-0.4, -0.2) is 60.8 Å². The molecule has 3 saturated heterocycles. The lowest BCUT2D eigenvalue weighted by Gasteiger charge is -2.50. The maximum atomic E-state index is 13.5. The van der Waals surface area contributed by atoms with Gasteiger partial charge in [0.1, 0.15) is 6.29 Å². The van der Waals surface area contributed by atoms with Crippen LogP contribution in [0.2, 0.25) is 0 Å². The van der Waals surface area contributed by atoms with E-state index in [0.717, 1.165) is 50.5 Å². The van der Waals surface area contributed by atoms with Crippen molar-refractivity contribution >= 4 is 11.8 Å². The summed E-state index contributed by atoms with van der Waals surface area (Å²) in [6, 6.07) is 1.74. The topological polar surface area (TPSA) is 85.5 Å². The van der Waals surface area contributed by atoms with Crippen molar-refractivity contribution < 1.29 is 9.59 Å². The second-order valence-corrected chi connectivity index (χ2v) is 12.7. The summed E-state index contributed by atoms with van der Waals surface area (Å²) in [5, 5.41) is 14.2. The standard InChI is InChI=1S/C27H47N5O2/c1-14-6-7-18(25(33)31-27-29-22-8-15(2)16(3)9-23(22)30-27)11-20(14)21-12-19-13-28-17(4)10-24(19)32(5)26(21)34/h14-24,27-30H,6-13H2,1-5H3,(H,31,33). The van der Waals surface area contributed by atoms with E-state index in [-0.39, 0.29) is 24.0 Å². The first-order valence-corrected chi connectivity index (χ1v) is 14.0. The van der Waals surface area contributed by atoms with Crippen LogP contribution < -0.4 is 21.3 Å². The van der Waals surface area contributed by atoms with E-state index in [0.29, 0.717) is 47.8 Å². The minimum Gasteiger partial charge on any atom is -0.342 e. The van der Waals surface area contributed by atoms with Gasteiger partial charge in [-0.25, -0.2) is 0 Å². The first-order valence-electron chi connectivity index (χ1n) is 14.0. The van der Waals surface area contributed by atoms with Crippen molar-refractivity contribution in [1.82, 2.24) is 26.2 Å². The quantitative estimate of drug-likeness (QED) is 0.505. The summed E-state index contributed by atoms with van der Waals surface area (Å²) in [6.45, 7) is 10.2. The molecule has 0 spiro atoms. The molecule has 0 bridgehead atoms. The Morgan fingerprint density at radius 2 is 1.59 bits per heavy atom. The highest BCUT2D eigenvalue weighted by Crippen LogP contribution is 2.44. The third-order valence-corrected chi connectivity index (χ3v) is 10.5. The van der Waals surface area contributed by atoms with Gasteiger partial charge in [-0.1, -0.05) is 20.8 Å². The summed E-state index contributed by atoms with van der Waals surface area (Å²) < 4.78 is 0. The molecule has 4 N–H and O–H groups in total. The van der Waals surface area contributed by atoms with Crippen LogP contribution in [-0.2, 0) is 9.59 Å². The Hall–Kier alpha value is -1.18. The second kappa shape index (κ2) is 9.70. The van der Waals surface area contributed by atoms with E-state index in [9.17, 15) is 9.59 Å². The van der Waals surface area contributed by atoms with E-state index in [1.807, 2.05) is 7.05 Å². The molecule has 34 heavy (non-hydrogen) atoms. The molecule has 0 aromatic carbocycles. The van der Waals surface area contributed by atoms with Gasteiger partial charge in [0.15, 0.2) is 0 Å². The molecular formula is C27H47N5O2. The van der Waals surface area contributed by atoms with Gasteiger partial charge in [0.25, 0.3) is 0 Å². The molecule has 11 unspecified atom stereocenters. The molecule has 0 aromatic rings. The predicted molar refractivity (Wildman–Crippen MR) is 134 cm³/mol. The fourth-order valence-corrected chi connectivity index (χ4v) is 7.99. The Bertz CT molecular complexity index is 758. The third kappa shape index (κ3) is 4.64. The smallest absolute Gasteiger partial charge is 0.225 e. The highest BCUT2D eigenvalue weighted by Gasteiger charge is 2.48. The number of carbonyl (C=O) groups is 2. The Kier molecular flexibility index (Phi) is 6.99. The molecule has 2 aliphatic carbocycles. The molecule has 11 atom stereocenters. The Morgan fingerprint density at radius 1 is 0.912 bits per heavy atom. The second-order valence-electron chi connectivity index (χ2n) is 12.7. The van der Waals surface area contributed by atoms with Gasteiger partial charge in [-0.2, -0.15) is 0 Å². The van der Waals surface area contributed by atoms with Crippen molar-refractivity contribution in [3.8, 4) is 0 Å². The van der Waals surface area contributed by atoms with Crippen molar-refractivity contribution in [3.05, 3.63) is 0 Å². The van der Waals surface area contributed by atoms with E-state index >= 15 is 0 Å². The molecule has 192 valence electrons. The van der Waals surface area contributed by atoms with E-state index in [4.69, 9.17) is 0 Å². The first kappa shape index (κ1) is 24.5. The minimum absolute atomic E-state index is 0.00519. The van der Waals surface area contributed by atoms with Crippen molar-refractivity contribution in [2.24, 2.45) is 41.4 Å². The molecule has 0 aromatic heterocycles. The molecule has 2 saturated carbocycles. The number of nitrogens with zero attached hydrogens (tertiary/aromatic N) is 1. The summed E-state index contributed by atoms with van der Waals surface area (Å²) in [7, 11) is 2.01. The molecule has 7 nitrogen and oxygen atoms in total. The SMILES string of the molecule is CC1CC2C(CN1)CC(C1CC(C(=O)NC3NC4CC(C)C(C)CC4N3)CCC1C)C(=O)N2C. The molecule has 5 rings (SSSR count). The van der Waals surface area contributed by atoms with E-state index in [1.54, 1.807) is 0 Å². The van der Waals surface area contributed by atoms with Gasteiger partial charge in [0.2, 0.25) is 11.8 Å². The van der Waals surface area contributed by atoms with Crippen LogP contribution >= 0.6 is 0 Å². The number of rotatable bonds is 3. The monoisotopic (exact) mass is 473 g/mol. The number of amides is 2. The molecule has 0 radical (unpaired) electrons. The van der Waals surface area contributed by atoms with Crippen LogP contribution in [0.25, 0.3) is 0 Å². The van der Waals surface area contributed by atoms with E-state index in [2.05, 4.69) is 53.9 Å². The summed E-state index contributed by atoms with van der Waals surface area (Å²) in [6.07, 6.45) is 7.03. The average Bonchev–Trinajstić information content (AvgIpc) is 3.18. The van der Waals surface area contributed by atoms with Gasteiger partial charge in [0.05, 0.1) is 0 Å². The van der Waals surface area contributed by atoms with Crippen molar-refractivity contribution in [3.63, 3.8) is 0 Å². The number of likely N-dealkylation sites (tertiary alicyclic amines) is 1. The van der Waals surface area contributed by atoms with Crippen molar-refractivity contribution in [2.45, 2.75) is 103 Å². The number of hydrogen-bond acceptors (Lipinski definition) is 5. The molecule has 3 aliphatic heterocycles. The highest BCUT2D eigenvalue weighted by molar-refractivity contribution is 5.81. The first-order chi connectivity index (χ1) is 16.2. The summed E-state index contributed by atoms with van der Waals surface area (Å²) >= 11 is 0. The highest BCUT2D eigenvalue weighted by atomic mass is 16.2. The maximum absolute atomic E-state index is 13.5. The number of hydrogen-bond donors (Lipinski definition) is 4. The third-order valence-electron chi connectivity index (χ3n) is 10.5. The molecule has 3 heterocycles. The summed E-state index contributed by atoms with van der Waals surface area (Å²) in [4.78, 5) is 28.9. The molecule has 5 fully saturated rings. The van der Waals surface area contributed by atoms with Gasteiger partial charge in [-0.3, -0.25) is 20.2 Å². The van der Waals surface area contributed by atoms with E-state index < -0.39 is 0 Å². The van der Waals surface area contributed by atoms with Gasteiger partial charge >= 0.3 is 0 Å². The largest absolute Gasteiger partial charge is 0.342 e. The normalized spacial score (nSPS) is 49.3. The molecule has 2 amide bonds. The summed E-state index contributed by atoms with van der Waals surface area (Å²) in [5.41, 5.74) is 0. The van der Waals surface area contributed by atoms with Crippen LogP contribution in [0.3, 0.4) is 0 Å². The predicted octanol–water partition coefficient (Wildman–Crippen LogP) is 2.28. The maximum Gasteiger partial charge on any atom is 0.225 e. The Labute approximate surface area is 205 Å². The number of piperidine rings is 2. The van der Waals surface area contributed by atoms with Crippen LogP contribution in [0, 0.1) is 41.4 Å². The van der Waals surface area contributed by atoms with Gasteiger partial charge < -0.3 is 15.5 Å². The molecular weight excluding hydrogens is 426 g/mol. The Balaban J connectivity index is 1.20. The zero-order chi connectivity index (χ0) is 24.1. The van der Waals surface area contributed by atoms with Crippen LogP contribution in [0.4, 0.5) is 0 Å². The van der Waals surface area contributed by atoms with Gasteiger partial charge in [0, 0.05) is 49.6 Å². The van der Waals surface area contributed by atoms with Crippen LogP contribution in [0.5, 0.6) is 0 Å². The van der Waals surface area contributed by atoms with Crippen LogP contribution in [0.1, 0.15) is 72.6 Å². The minimum atomic E-state index is -0.128.